The maximum atomic E-state index is 13.1. The molecule has 0 aliphatic heterocycles. The van der Waals surface area contributed by atoms with Crippen molar-refractivity contribution in [3.63, 3.8) is 0 Å². The fourth-order valence-electron chi connectivity index (χ4n) is 3.11. The molecule has 132 valence electrons. The van der Waals surface area contributed by atoms with Gasteiger partial charge in [0.1, 0.15) is 0 Å². The number of nitrogens with zero attached hydrogens (tertiary/aromatic N) is 1. The van der Waals surface area contributed by atoms with E-state index < -0.39 is 8.80 Å². The molecular formula is C23H25NOSi. The maximum absolute atomic E-state index is 13.1. The predicted molar refractivity (Wildman–Crippen MR) is 115 cm³/mol. The van der Waals surface area contributed by atoms with Gasteiger partial charge in [0.15, 0.2) is 5.78 Å². The fraction of sp³-hybridized carbons (Fsp3) is 0.174. The Morgan fingerprint density at radius 3 is 2.00 bits per heavy atom. The molecule has 0 fully saturated rings. The van der Waals surface area contributed by atoms with Crippen LogP contribution in [-0.4, -0.2) is 28.7 Å². The summed E-state index contributed by atoms with van der Waals surface area (Å²) in [6, 6.07) is 24.4. The third-order valence-electron chi connectivity index (χ3n) is 4.67. The summed E-state index contributed by atoms with van der Waals surface area (Å²) in [5.74, 6) is 0.117. The van der Waals surface area contributed by atoms with Crippen LogP contribution in [0.25, 0.3) is 11.1 Å². The summed E-state index contributed by atoms with van der Waals surface area (Å²) < 4.78 is 0. The Kier molecular flexibility index (Phi) is 5.38. The van der Waals surface area contributed by atoms with Gasteiger partial charge in [0.25, 0.3) is 0 Å². The first-order chi connectivity index (χ1) is 12.5. The van der Waals surface area contributed by atoms with Crippen molar-refractivity contribution in [1.29, 1.82) is 0 Å². The minimum absolute atomic E-state index is 0.117. The second kappa shape index (κ2) is 7.71. The lowest BCUT2D eigenvalue weighted by Crippen LogP contribution is -2.30. The van der Waals surface area contributed by atoms with E-state index in [1.54, 1.807) is 0 Å². The van der Waals surface area contributed by atoms with Crippen molar-refractivity contribution in [2.75, 3.05) is 19.0 Å². The van der Waals surface area contributed by atoms with E-state index in [2.05, 4.69) is 36.2 Å². The molecule has 0 aliphatic carbocycles. The molecule has 3 heteroatoms. The van der Waals surface area contributed by atoms with Gasteiger partial charge in [0.05, 0.1) is 8.80 Å². The van der Waals surface area contributed by atoms with E-state index in [4.69, 9.17) is 0 Å². The van der Waals surface area contributed by atoms with Crippen LogP contribution in [0.5, 0.6) is 0 Å². The zero-order valence-corrected chi connectivity index (χ0v) is 17.0. The smallest absolute Gasteiger partial charge is 0.192 e. The highest BCUT2D eigenvalue weighted by Crippen LogP contribution is 2.21. The highest BCUT2D eigenvalue weighted by Gasteiger charge is 2.17. The van der Waals surface area contributed by atoms with Crippen molar-refractivity contribution >= 4 is 25.5 Å². The number of carbonyl (C=O) groups excluding carboxylic acids is 1. The SMILES string of the molecule is CN(C)c1ccc(C(=O)c2ccc(-c3ccccc3)cc2)c([SiH](C)C)c1. The van der Waals surface area contributed by atoms with Crippen molar-refractivity contribution in [2.24, 2.45) is 0 Å². The van der Waals surface area contributed by atoms with Gasteiger partial charge in [-0.15, -0.1) is 0 Å². The number of hydrogen-bond acceptors (Lipinski definition) is 2. The van der Waals surface area contributed by atoms with Crippen LogP contribution in [0.1, 0.15) is 15.9 Å². The first-order valence-corrected chi connectivity index (χ1v) is 11.9. The van der Waals surface area contributed by atoms with Crippen molar-refractivity contribution in [3.8, 4) is 11.1 Å². The normalized spacial score (nSPS) is 10.8. The third-order valence-corrected chi connectivity index (χ3v) is 6.39. The highest BCUT2D eigenvalue weighted by molar-refractivity contribution is 6.72. The number of ketones is 1. The molecule has 0 atom stereocenters. The van der Waals surface area contributed by atoms with E-state index in [1.165, 1.54) is 5.19 Å². The molecule has 0 N–H and O–H groups in total. The molecule has 0 bridgehead atoms. The molecule has 3 aromatic carbocycles. The van der Waals surface area contributed by atoms with E-state index >= 15 is 0 Å². The fourth-order valence-corrected chi connectivity index (χ4v) is 4.47. The summed E-state index contributed by atoms with van der Waals surface area (Å²) in [7, 11) is 2.94. The van der Waals surface area contributed by atoms with Crippen LogP contribution < -0.4 is 10.1 Å². The third kappa shape index (κ3) is 3.78. The molecule has 2 nitrogen and oxygen atoms in total. The lowest BCUT2D eigenvalue weighted by atomic mass is 9.99. The van der Waals surface area contributed by atoms with Gasteiger partial charge in [-0.25, -0.2) is 0 Å². The van der Waals surface area contributed by atoms with Gasteiger partial charge < -0.3 is 4.90 Å². The van der Waals surface area contributed by atoms with Gasteiger partial charge in [-0.05, 0) is 29.3 Å². The van der Waals surface area contributed by atoms with Crippen molar-refractivity contribution in [1.82, 2.24) is 0 Å². The van der Waals surface area contributed by atoms with E-state index in [1.807, 2.05) is 68.7 Å². The Labute approximate surface area is 157 Å². The van der Waals surface area contributed by atoms with Crippen LogP contribution >= 0.6 is 0 Å². The molecular weight excluding hydrogens is 334 g/mol. The Bertz CT molecular complexity index is 899. The van der Waals surface area contributed by atoms with E-state index in [9.17, 15) is 4.79 Å². The first-order valence-electron chi connectivity index (χ1n) is 8.99. The molecule has 0 unspecified atom stereocenters. The van der Waals surface area contributed by atoms with Crippen LogP contribution in [-0.2, 0) is 0 Å². The predicted octanol–water partition coefficient (Wildman–Crippen LogP) is 4.34. The van der Waals surface area contributed by atoms with Crippen LogP contribution in [0.4, 0.5) is 5.69 Å². The molecule has 0 saturated heterocycles. The molecule has 3 rings (SSSR count). The lowest BCUT2D eigenvalue weighted by molar-refractivity contribution is 0.104. The van der Waals surface area contributed by atoms with Crippen molar-refractivity contribution in [2.45, 2.75) is 13.1 Å². The molecule has 3 aromatic rings. The summed E-state index contributed by atoms with van der Waals surface area (Å²) in [5.41, 5.74) is 5.04. The van der Waals surface area contributed by atoms with Crippen molar-refractivity contribution < 1.29 is 4.79 Å². The zero-order valence-electron chi connectivity index (χ0n) is 15.9. The van der Waals surface area contributed by atoms with Gasteiger partial charge in [0, 0.05) is 30.9 Å². The largest absolute Gasteiger partial charge is 0.378 e. The number of hydrogen-bond donors (Lipinski definition) is 0. The molecule has 0 aromatic heterocycles. The van der Waals surface area contributed by atoms with Gasteiger partial charge >= 0.3 is 0 Å². The highest BCUT2D eigenvalue weighted by atomic mass is 28.3. The molecule has 0 saturated carbocycles. The Balaban J connectivity index is 1.94. The van der Waals surface area contributed by atoms with Crippen LogP contribution in [0.15, 0.2) is 72.8 Å². The lowest BCUT2D eigenvalue weighted by Gasteiger charge is -2.18. The Hall–Kier alpha value is -2.65. The average molecular weight is 360 g/mol. The molecule has 0 radical (unpaired) electrons. The van der Waals surface area contributed by atoms with Crippen molar-refractivity contribution in [3.05, 3.63) is 83.9 Å². The topological polar surface area (TPSA) is 20.3 Å². The molecule has 0 spiro atoms. The monoisotopic (exact) mass is 359 g/mol. The number of rotatable bonds is 5. The second-order valence-electron chi connectivity index (χ2n) is 7.09. The molecule has 0 amide bonds. The molecule has 26 heavy (non-hydrogen) atoms. The van der Waals surface area contributed by atoms with E-state index in [-0.39, 0.29) is 5.78 Å². The molecule has 0 aliphatic rings. The second-order valence-corrected chi connectivity index (χ2v) is 10.0. The number of benzene rings is 3. The maximum Gasteiger partial charge on any atom is 0.192 e. The Morgan fingerprint density at radius 2 is 1.42 bits per heavy atom. The summed E-state index contributed by atoms with van der Waals surface area (Å²) >= 11 is 0. The van der Waals surface area contributed by atoms with Crippen LogP contribution in [0.3, 0.4) is 0 Å². The van der Waals surface area contributed by atoms with Gasteiger partial charge in [-0.1, -0.05) is 72.9 Å². The first kappa shape index (κ1) is 18.1. The number of anilines is 1. The van der Waals surface area contributed by atoms with Crippen LogP contribution in [0.2, 0.25) is 13.1 Å². The van der Waals surface area contributed by atoms with E-state index in [0.29, 0.717) is 0 Å². The Morgan fingerprint density at radius 1 is 0.808 bits per heavy atom. The van der Waals surface area contributed by atoms with Gasteiger partial charge in [-0.3, -0.25) is 4.79 Å². The quantitative estimate of drug-likeness (QED) is 0.499. The number of carbonyl (C=O) groups is 1. The minimum Gasteiger partial charge on any atom is -0.378 e. The van der Waals surface area contributed by atoms with E-state index in [0.717, 1.165) is 27.9 Å². The summed E-state index contributed by atoms with van der Waals surface area (Å²) in [4.78, 5) is 15.2. The molecule has 0 heterocycles. The van der Waals surface area contributed by atoms with Gasteiger partial charge in [0.2, 0.25) is 0 Å². The summed E-state index contributed by atoms with van der Waals surface area (Å²) in [6.07, 6.45) is 0. The van der Waals surface area contributed by atoms with Crippen LogP contribution in [0, 0.1) is 0 Å². The summed E-state index contributed by atoms with van der Waals surface area (Å²) in [5, 5.41) is 1.23. The zero-order chi connectivity index (χ0) is 18.7. The standard InChI is InChI=1S/C23H25NOSi/c1-24(2)20-14-15-21(22(16-20)26(3)4)23(25)19-12-10-18(11-13-19)17-8-6-5-7-9-17/h5-16,26H,1-4H3. The average Bonchev–Trinajstić information content (AvgIpc) is 2.67. The van der Waals surface area contributed by atoms with Gasteiger partial charge in [-0.2, -0.15) is 0 Å². The summed E-state index contributed by atoms with van der Waals surface area (Å²) in [6.45, 7) is 4.54. The minimum atomic E-state index is -1.12.